The molecule has 0 unspecified atom stereocenters. The van der Waals surface area contributed by atoms with Crippen LogP contribution in [0.2, 0.25) is 0 Å². The van der Waals surface area contributed by atoms with Crippen LogP contribution in [0.25, 0.3) is 0 Å². The largest absolute Gasteiger partial charge is 0.300 e. The van der Waals surface area contributed by atoms with Crippen molar-refractivity contribution in [2.75, 3.05) is 13.1 Å². The average Bonchev–Trinajstić information content (AvgIpc) is 2.00. The molecule has 0 saturated carbocycles. The van der Waals surface area contributed by atoms with Gasteiger partial charge in [-0.2, -0.15) is 0 Å². The van der Waals surface area contributed by atoms with Gasteiger partial charge in [-0.1, -0.05) is 13.8 Å². The molecule has 0 fully saturated rings. The van der Waals surface area contributed by atoms with E-state index in [0.29, 0.717) is 6.04 Å². The summed E-state index contributed by atoms with van der Waals surface area (Å²) in [5.41, 5.74) is 0. The molecule has 0 spiro atoms. The van der Waals surface area contributed by atoms with E-state index in [0.717, 1.165) is 13.1 Å². The fourth-order valence-corrected chi connectivity index (χ4v) is 1.28. The predicted molar refractivity (Wildman–Crippen MR) is 46.7 cm³/mol. The SMILES string of the molecule is [CH2]CN(C[CH2])C(CC)CC. The van der Waals surface area contributed by atoms with Crippen LogP contribution in [0.4, 0.5) is 0 Å². The fraction of sp³-hybridized carbons (Fsp3) is 0.778. The van der Waals surface area contributed by atoms with Crippen LogP contribution in [-0.2, 0) is 0 Å². The highest BCUT2D eigenvalue weighted by molar-refractivity contribution is 4.70. The lowest BCUT2D eigenvalue weighted by atomic mass is 10.1. The molecule has 0 aliphatic carbocycles. The Morgan fingerprint density at radius 3 is 1.60 bits per heavy atom. The molecular weight excluding hydrogens is 122 g/mol. The standard InChI is InChI=1S/C9H19N/c1-5-9(6-2)10(7-3)8-4/h9H,3-8H2,1-2H3. The summed E-state index contributed by atoms with van der Waals surface area (Å²) < 4.78 is 0. The third-order valence-electron chi connectivity index (χ3n) is 2.03. The highest BCUT2D eigenvalue weighted by atomic mass is 15.1. The normalized spacial score (nSPS) is 11.4. The first-order valence-electron chi connectivity index (χ1n) is 4.12. The Morgan fingerprint density at radius 2 is 1.50 bits per heavy atom. The molecule has 0 aromatic rings. The van der Waals surface area contributed by atoms with Crippen molar-refractivity contribution < 1.29 is 0 Å². The van der Waals surface area contributed by atoms with Gasteiger partial charge in [0.1, 0.15) is 0 Å². The quantitative estimate of drug-likeness (QED) is 0.567. The summed E-state index contributed by atoms with van der Waals surface area (Å²) in [5, 5.41) is 0. The maximum absolute atomic E-state index is 3.86. The van der Waals surface area contributed by atoms with E-state index in [-0.39, 0.29) is 0 Å². The van der Waals surface area contributed by atoms with Crippen molar-refractivity contribution in [3.63, 3.8) is 0 Å². The lowest BCUT2D eigenvalue weighted by Gasteiger charge is -2.27. The van der Waals surface area contributed by atoms with Crippen molar-refractivity contribution in [1.29, 1.82) is 0 Å². The van der Waals surface area contributed by atoms with E-state index in [1.807, 2.05) is 0 Å². The predicted octanol–water partition coefficient (Wildman–Crippen LogP) is 2.15. The second-order valence-electron chi connectivity index (χ2n) is 2.51. The molecule has 1 nitrogen and oxygen atoms in total. The van der Waals surface area contributed by atoms with E-state index in [1.54, 1.807) is 0 Å². The molecule has 0 amide bonds. The average molecular weight is 141 g/mol. The molecule has 0 aliphatic rings. The molecule has 0 rings (SSSR count). The van der Waals surface area contributed by atoms with Crippen molar-refractivity contribution in [2.24, 2.45) is 0 Å². The second kappa shape index (κ2) is 5.72. The Balaban J connectivity index is 3.70. The van der Waals surface area contributed by atoms with Crippen molar-refractivity contribution in [2.45, 2.75) is 32.7 Å². The monoisotopic (exact) mass is 141 g/mol. The number of hydrogen-bond acceptors (Lipinski definition) is 1. The summed E-state index contributed by atoms with van der Waals surface area (Å²) in [6.07, 6.45) is 2.42. The number of hydrogen-bond donors (Lipinski definition) is 0. The van der Waals surface area contributed by atoms with E-state index in [4.69, 9.17) is 0 Å². The van der Waals surface area contributed by atoms with Crippen LogP contribution in [0.5, 0.6) is 0 Å². The van der Waals surface area contributed by atoms with E-state index in [9.17, 15) is 0 Å². The van der Waals surface area contributed by atoms with Gasteiger partial charge >= 0.3 is 0 Å². The van der Waals surface area contributed by atoms with Gasteiger partial charge in [0.25, 0.3) is 0 Å². The van der Waals surface area contributed by atoms with Crippen LogP contribution < -0.4 is 0 Å². The van der Waals surface area contributed by atoms with Crippen LogP contribution in [0.15, 0.2) is 0 Å². The third kappa shape index (κ3) is 2.70. The van der Waals surface area contributed by atoms with Gasteiger partial charge in [-0.15, -0.1) is 0 Å². The number of nitrogens with zero attached hydrogens (tertiary/aromatic N) is 1. The summed E-state index contributed by atoms with van der Waals surface area (Å²) in [7, 11) is 0. The van der Waals surface area contributed by atoms with Crippen LogP contribution in [0, 0.1) is 13.8 Å². The van der Waals surface area contributed by atoms with Gasteiger partial charge in [-0.05, 0) is 39.8 Å². The van der Waals surface area contributed by atoms with Gasteiger partial charge in [0.15, 0.2) is 0 Å². The highest BCUT2D eigenvalue weighted by Gasteiger charge is 2.09. The van der Waals surface area contributed by atoms with Gasteiger partial charge in [0, 0.05) is 6.04 Å². The summed E-state index contributed by atoms with van der Waals surface area (Å²) in [4.78, 5) is 2.31. The van der Waals surface area contributed by atoms with E-state index in [2.05, 4.69) is 32.6 Å². The smallest absolute Gasteiger partial charge is 0.00900 e. The van der Waals surface area contributed by atoms with Gasteiger partial charge in [-0.25, -0.2) is 0 Å². The minimum absolute atomic E-state index is 0.690. The maximum Gasteiger partial charge on any atom is 0.00900 e. The lowest BCUT2D eigenvalue weighted by molar-refractivity contribution is 0.225. The Bertz CT molecular complexity index is 53.1. The van der Waals surface area contributed by atoms with Crippen molar-refractivity contribution in [3.05, 3.63) is 13.8 Å². The molecule has 10 heavy (non-hydrogen) atoms. The maximum atomic E-state index is 3.86. The molecule has 0 saturated heterocycles. The van der Waals surface area contributed by atoms with Crippen molar-refractivity contribution >= 4 is 0 Å². The fourth-order valence-electron chi connectivity index (χ4n) is 1.28. The zero-order valence-corrected chi connectivity index (χ0v) is 7.27. The van der Waals surface area contributed by atoms with Gasteiger partial charge in [-0.3, -0.25) is 0 Å². The van der Waals surface area contributed by atoms with Crippen LogP contribution in [0.1, 0.15) is 26.7 Å². The van der Waals surface area contributed by atoms with Gasteiger partial charge in [0.2, 0.25) is 0 Å². The summed E-state index contributed by atoms with van der Waals surface area (Å²) in [6.45, 7) is 13.9. The van der Waals surface area contributed by atoms with Gasteiger partial charge < -0.3 is 4.90 Å². The van der Waals surface area contributed by atoms with E-state index >= 15 is 0 Å². The summed E-state index contributed by atoms with van der Waals surface area (Å²) >= 11 is 0. The Morgan fingerprint density at radius 1 is 1.10 bits per heavy atom. The molecule has 0 heterocycles. The number of rotatable bonds is 5. The minimum atomic E-state index is 0.690. The zero-order valence-electron chi connectivity index (χ0n) is 7.27. The Hall–Kier alpha value is -0.0400. The molecular formula is C9H19N. The topological polar surface area (TPSA) is 3.24 Å². The highest BCUT2D eigenvalue weighted by Crippen LogP contribution is 2.06. The summed E-state index contributed by atoms with van der Waals surface area (Å²) in [5.74, 6) is 0. The molecule has 60 valence electrons. The second-order valence-corrected chi connectivity index (χ2v) is 2.51. The Kier molecular flexibility index (Phi) is 5.70. The molecule has 1 heteroatoms. The van der Waals surface area contributed by atoms with Gasteiger partial charge in [0.05, 0.1) is 0 Å². The molecule has 0 N–H and O–H groups in total. The zero-order chi connectivity index (χ0) is 7.98. The molecule has 0 aliphatic heterocycles. The van der Waals surface area contributed by atoms with Crippen molar-refractivity contribution in [1.82, 2.24) is 4.90 Å². The van der Waals surface area contributed by atoms with Crippen LogP contribution in [0.3, 0.4) is 0 Å². The first kappa shape index (κ1) is 9.96. The third-order valence-corrected chi connectivity index (χ3v) is 2.03. The van der Waals surface area contributed by atoms with Crippen LogP contribution in [-0.4, -0.2) is 24.0 Å². The summed E-state index contributed by atoms with van der Waals surface area (Å²) in [6, 6.07) is 0.690. The van der Waals surface area contributed by atoms with E-state index in [1.165, 1.54) is 12.8 Å². The van der Waals surface area contributed by atoms with Crippen LogP contribution >= 0.6 is 0 Å². The molecule has 0 aromatic carbocycles. The molecule has 2 radical (unpaired) electrons. The molecule has 0 bridgehead atoms. The molecule has 0 atom stereocenters. The van der Waals surface area contributed by atoms with Crippen molar-refractivity contribution in [3.8, 4) is 0 Å². The first-order valence-corrected chi connectivity index (χ1v) is 4.12. The molecule has 0 aromatic heterocycles. The van der Waals surface area contributed by atoms with E-state index < -0.39 is 0 Å². The lowest BCUT2D eigenvalue weighted by Crippen LogP contribution is -2.34. The minimum Gasteiger partial charge on any atom is -0.300 e. The first-order chi connectivity index (χ1) is 4.79. The Labute approximate surface area is 65.4 Å².